The van der Waals surface area contributed by atoms with Gasteiger partial charge >= 0.3 is 6.03 Å². The summed E-state index contributed by atoms with van der Waals surface area (Å²) in [6.07, 6.45) is 3.21. The predicted molar refractivity (Wildman–Crippen MR) is 84.0 cm³/mol. The Morgan fingerprint density at radius 1 is 1.27 bits per heavy atom. The van der Waals surface area contributed by atoms with Crippen LogP contribution in [0.2, 0.25) is 0 Å². The van der Waals surface area contributed by atoms with Gasteiger partial charge in [-0.3, -0.25) is 19.9 Å². The molecule has 1 aliphatic heterocycles. The molecule has 0 bridgehead atoms. The summed E-state index contributed by atoms with van der Waals surface area (Å²) in [6, 6.07) is 6.32. The van der Waals surface area contributed by atoms with E-state index in [0.29, 0.717) is 12.2 Å². The molecule has 0 saturated carbocycles. The standard InChI is InChI=1S/C16H19N3O3/c1-3-4-9-17-10-12-14(20)18-16(22)19(15(12)21)13-8-6-5-7-11(13)2/h5-8,10,12H,3-4,9H2,1-2H3,(H,18,20,22). The molecule has 1 fully saturated rings. The van der Waals surface area contributed by atoms with E-state index in [2.05, 4.69) is 10.3 Å². The van der Waals surface area contributed by atoms with Crippen LogP contribution in [0.4, 0.5) is 10.5 Å². The topological polar surface area (TPSA) is 78.8 Å². The summed E-state index contributed by atoms with van der Waals surface area (Å²) in [7, 11) is 0. The predicted octanol–water partition coefficient (Wildman–Crippen LogP) is 2.06. The van der Waals surface area contributed by atoms with Crippen molar-refractivity contribution in [1.29, 1.82) is 0 Å². The van der Waals surface area contributed by atoms with Crippen LogP contribution in [-0.2, 0) is 9.59 Å². The van der Waals surface area contributed by atoms with Gasteiger partial charge in [0.15, 0.2) is 5.92 Å². The van der Waals surface area contributed by atoms with E-state index in [0.717, 1.165) is 23.3 Å². The minimum Gasteiger partial charge on any atom is -0.296 e. The Morgan fingerprint density at radius 2 is 2.00 bits per heavy atom. The molecule has 4 amide bonds. The van der Waals surface area contributed by atoms with Crippen molar-refractivity contribution in [2.45, 2.75) is 26.7 Å². The molecule has 116 valence electrons. The Balaban J connectivity index is 2.26. The van der Waals surface area contributed by atoms with Crippen molar-refractivity contribution in [2.24, 2.45) is 10.9 Å². The van der Waals surface area contributed by atoms with E-state index in [9.17, 15) is 14.4 Å². The number of aryl methyl sites for hydroxylation is 1. The number of benzene rings is 1. The summed E-state index contributed by atoms with van der Waals surface area (Å²) in [4.78, 5) is 41.5. The van der Waals surface area contributed by atoms with Crippen molar-refractivity contribution >= 4 is 29.7 Å². The lowest BCUT2D eigenvalue weighted by atomic mass is 10.0. The molecule has 1 aromatic carbocycles. The molecule has 22 heavy (non-hydrogen) atoms. The number of carbonyl (C=O) groups is 3. The first kappa shape index (κ1) is 15.9. The first-order valence-electron chi connectivity index (χ1n) is 7.30. The number of aliphatic imine (C=N–C) groups is 1. The number of imide groups is 2. The van der Waals surface area contributed by atoms with Gasteiger partial charge in [0.25, 0.3) is 5.91 Å². The summed E-state index contributed by atoms with van der Waals surface area (Å²) < 4.78 is 0. The monoisotopic (exact) mass is 301 g/mol. The van der Waals surface area contributed by atoms with E-state index in [4.69, 9.17) is 0 Å². The molecule has 1 atom stereocenters. The lowest BCUT2D eigenvalue weighted by molar-refractivity contribution is -0.131. The second-order valence-corrected chi connectivity index (χ2v) is 5.14. The van der Waals surface area contributed by atoms with Gasteiger partial charge in [-0.15, -0.1) is 0 Å². The number of para-hydroxylation sites is 1. The fourth-order valence-electron chi connectivity index (χ4n) is 2.19. The van der Waals surface area contributed by atoms with Crippen LogP contribution in [0.3, 0.4) is 0 Å². The zero-order valence-corrected chi connectivity index (χ0v) is 12.7. The first-order valence-corrected chi connectivity index (χ1v) is 7.30. The molecule has 1 N–H and O–H groups in total. The number of nitrogens with one attached hydrogen (secondary N) is 1. The number of urea groups is 1. The van der Waals surface area contributed by atoms with E-state index in [-0.39, 0.29) is 0 Å². The van der Waals surface area contributed by atoms with E-state index in [1.807, 2.05) is 13.0 Å². The Labute approximate surface area is 129 Å². The van der Waals surface area contributed by atoms with Crippen LogP contribution < -0.4 is 10.2 Å². The number of anilines is 1. The van der Waals surface area contributed by atoms with Crippen molar-refractivity contribution in [3.8, 4) is 0 Å². The minimum atomic E-state index is -1.06. The second kappa shape index (κ2) is 6.98. The number of barbiturate groups is 1. The van der Waals surface area contributed by atoms with Crippen LogP contribution in [0.5, 0.6) is 0 Å². The maximum atomic E-state index is 12.5. The third-order valence-electron chi connectivity index (χ3n) is 3.45. The quantitative estimate of drug-likeness (QED) is 0.513. The largest absolute Gasteiger partial charge is 0.335 e. The third kappa shape index (κ3) is 3.21. The number of carbonyl (C=O) groups excluding carboxylic acids is 3. The van der Waals surface area contributed by atoms with Gasteiger partial charge in [-0.05, 0) is 25.0 Å². The van der Waals surface area contributed by atoms with Gasteiger partial charge in [0.2, 0.25) is 5.91 Å². The van der Waals surface area contributed by atoms with Gasteiger partial charge in [-0.1, -0.05) is 31.5 Å². The summed E-state index contributed by atoms with van der Waals surface area (Å²) in [5.74, 6) is -2.25. The fraction of sp³-hybridized carbons (Fsp3) is 0.375. The van der Waals surface area contributed by atoms with Gasteiger partial charge in [0.1, 0.15) is 0 Å². The van der Waals surface area contributed by atoms with Crippen LogP contribution >= 0.6 is 0 Å². The highest BCUT2D eigenvalue weighted by Gasteiger charge is 2.40. The zero-order chi connectivity index (χ0) is 16.1. The minimum absolute atomic E-state index is 0.476. The summed E-state index contributed by atoms with van der Waals surface area (Å²) >= 11 is 0. The lowest BCUT2D eigenvalue weighted by Gasteiger charge is -2.29. The highest BCUT2D eigenvalue weighted by atomic mass is 16.2. The number of hydrogen-bond donors (Lipinski definition) is 1. The van der Waals surface area contributed by atoms with Crippen molar-refractivity contribution in [2.75, 3.05) is 11.4 Å². The molecule has 0 aromatic heterocycles. The summed E-state index contributed by atoms with van der Waals surface area (Å²) in [5, 5.41) is 2.21. The van der Waals surface area contributed by atoms with Crippen molar-refractivity contribution in [3.63, 3.8) is 0 Å². The van der Waals surface area contributed by atoms with E-state index >= 15 is 0 Å². The smallest absolute Gasteiger partial charge is 0.296 e. The molecular formula is C16H19N3O3. The number of nitrogens with zero attached hydrogens (tertiary/aromatic N) is 2. The Bertz CT molecular complexity index is 625. The molecule has 1 aliphatic rings. The van der Waals surface area contributed by atoms with Gasteiger partial charge < -0.3 is 0 Å². The Kier molecular flexibility index (Phi) is 5.04. The van der Waals surface area contributed by atoms with Crippen molar-refractivity contribution in [3.05, 3.63) is 29.8 Å². The van der Waals surface area contributed by atoms with Gasteiger partial charge in [-0.25, -0.2) is 9.69 Å². The lowest BCUT2D eigenvalue weighted by Crippen LogP contribution is -2.58. The number of rotatable bonds is 5. The van der Waals surface area contributed by atoms with Crippen LogP contribution in [0.15, 0.2) is 29.3 Å². The van der Waals surface area contributed by atoms with Crippen LogP contribution in [0.25, 0.3) is 0 Å². The average Bonchev–Trinajstić information content (AvgIpc) is 2.48. The summed E-state index contributed by atoms with van der Waals surface area (Å²) in [5.41, 5.74) is 1.26. The van der Waals surface area contributed by atoms with Gasteiger partial charge in [0.05, 0.1) is 5.69 Å². The molecule has 1 saturated heterocycles. The number of unbranched alkanes of at least 4 members (excludes halogenated alkanes) is 1. The highest BCUT2D eigenvalue weighted by Crippen LogP contribution is 2.23. The van der Waals surface area contributed by atoms with Crippen molar-refractivity contribution < 1.29 is 14.4 Å². The molecule has 6 heteroatoms. The number of hydrogen-bond acceptors (Lipinski definition) is 4. The van der Waals surface area contributed by atoms with E-state index in [1.54, 1.807) is 25.1 Å². The molecule has 0 aliphatic carbocycles. The maximum Gasteiger partial charge on any atom is 0.335 e. The fourth-order valence-corrected chi connectivity index (χ4v) is 2.19. The van der Waals surface area contributed by atoms with Crippen LogP contribution in [-0.4, -0.2) is 30.6 Å². The molecule has 6 nitrogen and oxygen atoms in total. The van der Waals surface area contributed by atoms with Gasteiger partial charge in [0, 0.05) is 12.8 Å². The van der Waals surface area contributed by atoms with Crippen molar-refractivity contribution in [1.82, 2.24) is 5.32 Å². The SMILES string of the molecule is CCCCN=CC1C(=O)NC(=O)N(c2ccccc2C)C1=O. The summed E-state index contributed by atoms with van der Waals surface area (Å²) in [6.45, 7) is 4.40. The number of amides is 4. The molecule has 1 aromatic rings. The molecule has 0 spiro atoms. The highest BCUT2D eigenvalue weighted by molar-refractivity contribution is 6.32. The van der Waals surface area contributed by atoms with Crippen LogP contribution in [0, 0.1) is 12.8 Å². The van der Waals surface area contributed by atoms with Crippen LogP contribution in [0.1, 0.15) is 25.3 Å². The maximum absolute atomic E-state index is 12.5. The Morgan fingerprint density at radius 3 is 2.68 bits per heavy atom. The van der Waals surface area contributed by atoms with E-state index in [1.165, 1.54) is 6.21 Å². The third-order valence-corrected chi connectivity index (χ3v) is 3.45. The molecular weight excluding hydrogens is 282 g/mol. The zero-order valence-electron chi connectivity index (χ0n) is 12.7. The molecule has 1 heterocycles. The molecule has 1 unspecified atom stereocenters. The molecule has 0 radical (unpaired) electrons. The Hall–Kier alpha value is -2.50. The van der Waals surface area contributed by atoms with E-state index < -0.39 is 23.8 Å². The normalized spacial score (nSPS) is 18.9. The average molecular weight is 301 g/mol. The first-order chi connectivity index (χ1) is 10.6. The second-order valence-electron chi connectivity index (χ2n) is 5.14. The van der Waals surface area contributed by atoms with Gasteiger partial charge in [-0.2, -0.15) is 0 Å². The molecule has 2 rings (SSSR count).